The first-order valence-electron chi connectivity index (χ1n) is 10.2. The molecule has 1 aliphatic heterocycles. The minimum Gasteiger partial charge on any atom is -0.324 e. The fourth-order valence-corrected chi connectivity index (χ4v) is 5.85. The molecule has 0 radical (unpaired) electrons. The van der Waals surface area contributed by atoms with Gasteiger partial charge in [0, 0.05) is 18.8 Å². The van der Waals surface area contributed by atoms with Crippen LogP contribution in [0.5, 0.6) is 0 Å². The molecule has 1 aromatic heterocycles. The number of anilines is 1. The molecule has 1 aliphatic rings. The highest BCUT2D eigenvalue weighted by atomic mass is 32.2. The average molecular weight is 419 g/mol. The number of rotatable bonds is 6. The molecule has 0 spiro atoms. The van der Waals surface area contributed by atoms with Crippen molar-refractivity contribution in [3.8, 4) is 0 Å². The average Bonchev–Trinajstić information content (AvgIpc) is 2.97. The van der Waals surface area contributed by atoms with Crippen molar-refractivity contribution in [2.24, 2.45) is 0 Å². The molecule has 0 atom stereocenters. The highest BCUT2D eigenvalue weighted by Crippen LogP contribution is 2.26. The number of sulfonamides is 1. The Labute approximate surface area is 173 Å². The van der Waals surface area contributed by atoms with E-state index in [0.29, 0.717) is 24.5 Å². The van der Waals surface area contributed by atoms with Gasteiger partial charge in [-0.1, -0.05) is 31.5 Å². The van der Waals surface area contributed by atoms with Crippen LogP contribution in [-0.2, 0) is 27.8 Å². The summed E-state index contributed by atoms with van der Waals surface area (Å²) >= 11 is 0. The standard InChI is InChI=1S/C21H30N4O3S/c1-5-18-11-9-10-15(2)20(18)22-19(26)14-25-17(4)21(16(3)23-25)29(27,28)24-12-7-6-8-13-24/h9-11H,5-8,12-14H2,1-4H3,(H,22,26). The molecule has 2 aromatic rings. The zero-order chi connectivity index (χ0) is 21.2. The van der Waals surface area contributed by atoms with Gasteiger partial charge in [0.25, 0.3) is 0 Å². The second kappa shape index (κ2) is 8.67. The number of amides is 1. The summed E-state index contributed by atoms with van der Waals surface area (Å²) in [6.07, 6.45) is 3.63. The molecule has 1 fully saturated rings. The third kappa shape index (κ3) is 4.38. The minimum atomic E-state index is -3.60. The van der Waals surface area contributed by atoms with Gasteiger partial charge in [-0.05, 0) is 51.2 Å². The molecule has 1 amide bonds. The van der Waals surface area contributed by atoms with Crippen LogP contribution < -0.4 is 5.32 Å². The maximum absolute atomic E-state index is 13.1. The number of nitrogens with zero attached hydrogens (tertiary/aromatic N) is 3. The van der Waals surface area contributed by atoms with Gasteiger partial charge in [-0.25, -0.2) is 8.42 Å². The molecule has 0 unspecified atom stereocenters. The van der Waals surface area contributed by atoms with Gasteiger partial charge in [0.1, 0.15) is 11.4 Å². The van der Waals surface area contributed by atoms with Crippen LogP contribution in [0.1, 0.15) is 48.7 Å². The van der Waals surface area contributed by atoms with Crippen molar-refractivity contribution in [2.45, 2.75) is 64.8 Å². The van der Waals surface area contributed by atoms with Crippen LogP contribution in [0.3, 0.4) is 0 Å². The molecule has 0 bridgehead atoms. The fraction of sp³-hybridized carbons (Fsp3) is 0.524. The summed E-state index contributed by atoms with van der Waals surface area (Å²) < 4.78 is 29.3. The van der Waals surface area contributed by atoms with Crippen LogP contribution in [0.15, 0.2) is 23.1 Å². The number of aromatic nitrogens is 2. The number of carbonyl (C=O) groups excluding carboxylic acids is 1. The minimum absolute atomic E-state index is 0.0281. The molecule has 1 N–H and O–H groups in total. The second-order valence-electron chi connectivity index (χ2n) is 7.63. The Morgan fingerprint density at radius 1 is 1.14 bits per heavy atom. The van der Waals surface area contributed by atoms with E-state index in [1.54, 1.807) is 18.2 Å². The quantitative estimate of drug-likeness (QED) is 0.781. The van der Waals surface area contributed by atoms with E-state index < -0.39 is 10.0 Å². The first-order valence-corrected chi connectivity index (χ1v) is 11.6. The van der Waals surface area contributed by atoms with Gasteiger partial charge in [0.05, 0.1) is 11.4 Å². The number of para-hydroxylation sites is 1. The van der Waals surface area contributed by atoms with Crippen molar-refractivity contribution in [1.29, 1.82) is 0 Å². The van der Waals surface area contributed by atoms with E-state index in [9.17, 15) is 13.2 Å². The molecule has 3 rings (SSSR count). The van der Waals surface area contributed by atoms with Crippen molar-refractivity contribution < 1.29 is 13.2 Å². The maximum atomic E-state index is 13.1. The van der Waals surface area contributed by atoms with E-state index in [1.807, 2.05) is 32.0 Å². The van der Waals surface area contributed by atoms with Crippen molar-refractivity contribution in [1.82, 2.24) is 14.1 Å². The monoisotopic (exact) mass is 418 g/mol. The Kier molecular flexibility index (Phi) is 6.43. The predicted octanol–water partition coefficient (Wildman–Crippen LogP) is 3.18. The number of carbonyl (C=O) groups is 1. The lowest BCUT2D eigenvalue weighted by molar-refractivity contribution is -0.117. The smallest absolute Gasteiger partial charge is 0.246 e. The van der Waals surface area contributed by atoms with E-state index in [4.69, 9.17) is 0 Å². The molecule has 2 heterocycles. The normalized spacial score (nSPS) is 15.4. The summed E-state index contributed by atoms with van der Waals surface area (Å²) in [5.74, 6) is -0.221. The molecule has 29 heavy (non-hydrogen) atoms. The zero-order valence-electron chi connectivity index (χ0n) is 17.7. The van der Waals surface area contributed by atoms with Crippen LogP contribution in [0.25, 0.3) is 0 Å². The first kappa shape index (κ1) is 21.5. The largest absolute Gasteiger partial charge is 0.324 e. The van der Waals surface area contributed by atoms with E-state index in [2.05, 4.69) is 10.4 Å². The SMILES string of the molecule is CCc1cccc(C)c1NC(=O)Cn1nc(C)c(S(=O)(=O)N2CCCCC2)c1C. The van der Waals surface area contributed by atoms with Gasteiger partial charge in [0.2, 0.25) is 15.9 Å². The van der Waals surface area contributed by atoms with Gasteiger partial charge in [0.15, 0.2) is 0 Å². The summed E-state index contributed by atoms with van der Waals surface area (Å²) in [5.41, 5.74) is 3.83. The molecule has 1 saturated heterocycles. The highest BCUT2D eigenvalue weighted by Gasteiger charge is 2.32. The number of piperidine rings is 1. The molecular formula is C21H30N4O3S. The number of benzene rings is 1. The fourth-order valence-electron chi connectivity index (χ4n) is 3.96. The summed E-state index contributed by atoms with van der Waals surface area (Å²) in [5, 5.41) is 7.34. The number of hydrogen-bond acceptors (Lipinski definition) is 4. The Hall–Kier alpha value is -2.19. The van der Waals surface area contributed by atoms with Crippen molar-refractivity contribution in [2.75, 3.05) is 18.4 Å². The maximum Gasteiger partial charge on any atom is 0.246 e. The third-order valence-electron chi connectivity index (χ3n) is 5.53. The van der Waals surface area contributed by atoms with E-state index in [0.717, 1.165) is 42.5 Å². The second-order valence-corrected chi connectivity index (χ2v) is 9.51. The molecular weight excluding hydrogens is 388 g/mol. The molecule has 1 aromatic carbocycles. The van der Waals surface area contributed by atoms with Crippen LogP contribution in [0, 0.1) is 20.8 Å². The first-order chi connectivity index (χ1) is 13.8. The Morgan fingerprint density at radius 2 is 1.83 bits per heavy atom. The summed E-state index contributed by atoms with van der Waals surface area (Å²) in [6, 6.07) is 5.93. The molecule has 0 aliphatic carbocycles. The lowest BCUT2D eigenvalue weighted by Crippen LogP contribution is -2.36. The van der Waals surface area contributed by atoms with Crippen molar-refractivity contribution in [3.05, 3.63) is 40.7 Å². The molecule has 8 heteroatoms. The highest BCUT2D eigenvalue weighted by molar-refractivity contribution is 7.89. The van der Waals surface area contributed by atoms with E-state index in [-0.39, 0.29) is 17.3 Å². The molecule has 0 saturated carbocycles. The molecule has 158 valence electrons. The van der Waals surface area contributed by atoms with Gasteiger partial charge in [-0.15, -0.1) is 0 Å². The van der Waals surface area contributed by atoms with Crippen LogP contribution in [-0.4, -0.2) is 41.5 Å². The number of aryl methyl sites for hydroxylation is 3. The van der Waals surface area contributed by atoms with E-state index in [1.165, 1.54) is 4.68 Å². The van der Waals surface area contributed by atoms with Gasteiger partial charge in [-0.2, -0.15) is 9.40 Å². The molecule has 7 nitrogen and oxygen atoms in total. The number of nitrogens with one attached hydrogen (secondary N) is 1. The van der Waals surface area contributed by atoms with Crippen molar-refractivity contribution >= 4 is 21.6 Å². The van der Waals surface area contributed by atoms with Crippen LogP contribution in [0.4, 0.5) is 5.69 Å². The Bertz CT molecular complexity index is 1010. The van der Waals surface area contributed by atoms with Gasteiger partial charge in [-0.3, -0.25) is 9.48 Å². The number of hydrogen-bond donors (Lipinski definition) is 1. The van der Waals surface area contributed by atoms with E-state index >= 15 is 0 Å². The van der Waals surface area contributed by atoms with Gasteiger partial charge < -0.3 is 5.32 Å². The Balaban J connectivity index is 1.83. The lowest BCUT2D eigenvalue weighted by Gasteiger charge is -2.26. The van der Waals surface area contributed by atoms with Crippen molar-refractivity contribution in [3.63, 3.8) is 0 Å². The summed E-state index contributed by atoms with van der Waals surface area (Å²) in [6.45, 7) is 8.47. The summed E-state index contributed by atoms with van der Waals surface area (Å²) in [7, 11) is -3.60. The zero-order valence-corrected chi connectivity index (χ0v) is 18.5. The van der Waals surface area contributed by atoms with Gasteiger partial charge >= 0.3 is 0 Å². The lowest BCUT2D eigenvalue weighted by atomic mass is 10.1. The Morgan fingerprint density at radius 3 is 2.48 bits per heavy atom. The predicted molar refractivity (Wildman–Crippen MR) is 113 cm³/mol. The van der Waals surface area contributed by atoms with Crippen LogP contribution >= 0.6 is 0 Å². The summed E-state index contributed by atoms with van der Waals surface area (Å²) in [4.78, 5) is 12.9. The third-order valence-corrected chi connectivity index (χ3v) is 7.68. The van der Waals surface area contributed by atoms with Crippen LogP contribution in [0.2, 0.25) is 0 Å². The topological polar surface area (TPSA) is 84.3 Å².